The molecule has 0 heterocycles. The quantitative estimate of drug-likeness (QED) is 0.690. The first kappa shape index (κ1) is 15.5. The third kappa shape index (κ3) is 2.77. The number of halogens is 5. The topological polar surface area (TPSA) is 20.2 Å². The minimum Gasteiger partial charge on any atom is -0.384 e. The van der Waals surface area contributed by atoms with Gasteiger partial charge in [-0.05, 0) is 30.7 Å². The van der Waals surface area contributed by atoms with Crippen molar-refractivity contribution in [2.45, 2.75) is 13.0 Å². The lowest BCUT2D eigenvalue weighted by Gasteiger charge is -2.16. The Labute approximate surface area is 130 Å². The van der Waals surface area contributed by atoms with Crippen molar-refractivity contribution >= 4 is 31.9 Å². The minimum absolute atomic E-state index is 0.319. The average Bonchev–Trinajstić information content (AvgIpc) is 2.40. The zero-order valence-corrected chi connectivity index (χ0v) is 13.4. The monoisotopic (exact) mass is 408 g/mol. The number of hydrogen-bond acceptors (Lipinski definition) is 1. The molecule has 1 N–H and O–H groups in total. The Balaban J connectivity index is 2.55. The van der Waals surface area contributed by atoms with Gasteiger partial charge in [0.2, 0.25) is 0 Å². The molecule has 0 aliphatic carbocycles. The average molecular weight is 410 g/mol. The molecule has 0 aromatic heterocycles. The maximum Gasteiger partial charge on any atom is 0.194 e. The van der Waals surface area contributed by atoms with E-state index in [0.717, 1.165) is 22.2 Å². The lowest BCUT2D eigenvalue weighted by molar-refractivity contribution is 0.212. The van der Waals surface area contributed by atoms with E-state index in [1.54, 1.807) is 12.1 Å². The first-order chi connectivity index (χ1) is 9.32. The molecule has 2 aromatic rings. The molecule has 0 spiro atoms. The van der Waals surface area contributed by atoms with Crippen molar-refractivity contribution in [2.75, 3.05) is 0 Å². The molecule has 2 rings (SSSR count). The third-order valence-electron chi connectivity index (χ3n) is 2.93. The number of benzene rings is 2. The molecule has 106 valence electrons. The van der Waals surface area contributed by atoms with Crippen LogP contribution in [-0.4, -0.2) is 5.11 Å². The van der Waals surface area contributed by atoms with Gasteiger partial charge in [0.1, 0.15) is 6.10 Å². The second kappa shape index (κ2) is 5.87. The van der Waals surface area contributed by atoms with Crippen LogP contribution in [0.4, 0.5) is 13.2 Å². The first-order valence-corrected chi connectivity index (χ1v) is 7.18. The molecule has 0 saturated carbocycles. The van der Waals surface area contributed by atoms with Crippen LogP contribution in [0.5, 0.6) is 0 Å². The summed E-state index contributed by atoms with van der Waals surface area (Å²) in [6, 6.07) is 5.15. The molecule has 1 unspecified atom stereocenters. The van der Waals surface area contributed by atoms with E-state index >= 15 is 0 Å². The second-order valence-electron chi connectivity index (χ2n) is 4.29. The fourth-order valence-electron chi connectivity index (χ4n) is 1.79. The molecule has 0 fully saturated rings. The molecule has 0 saturated heterocycles. The van der Waals surface area contributed by atoms with Gasteiger partial charge in [0.05, 0.1) is 0 Å². The van der Waals surface area contributed by atoms with E-state index < -0.39 is 23.6 Å². The number of hydrogen-bond donors (Lipinski definition) is 1. The van der Waals surface area contributed by atoms with E-state index in [0.29, 0.717) is 10.0 Å². The highest BCUT2D eigenvalue weighted by atomic mass is 79.9. The minimum atomic E-state index is -1.59. The highest BCUT2D eigenvalue weighted by molar-refractivity contribution is 9.11. The molecule has 20 heavy (non-hydrogen) atoms. The summed E-state index contributed by atoms with van der Waals surface area (Å²) in [5.74, 6) is -4.27. The summed E-state index contributed by atoms with van der Waals surface area (Å²) in [6.45, 7) is 1.85. The van der Waals surface area contributed by atoms with E-state index in [4.69, 9.17) is 0 Å². The zero-order chi connectivity index (χ0) is 15.0. The van der Waals surface area contributed by atoms with Gasteiger partial charge in [0.15, 0.2) is 17.5 Å². The fourth-order valence-corrected chi connectivity index (χ4v) is 2.83. The van der Waals surface area contributed by atoms with Gasteiger partial charge in [-0.15, -0.1) is 0 Å². The van der Waals surface area contributed by atoms with Gasteiger partial charge in [-0.1, -0.05) is 37.9 Å². The normalized spacial score (nSPS) is 12.6. The lowest BCUT2D eigenvalue weighted by atomic mass is 10.00. The van der Waals surface area contributed by atoms with Crippen LogP contribution >= 0.6 is 31.9 Å². The summed E-state index contributed by atoms with van der Waals surface area (Å²) >= 11 is 6.57. The Morgan fingerprint density at radius 1 is 0.950 bits per heavy atom. The fraction of sp³-hybridized carbons (Fsp3) is 0.143. The van der Waals surface area contributed by atoms with Crippen LogP contribution in [0.2, 0.25) is 0 Å². The molecule has 6 heteroatoms. The lowest BCUT2D eigenvalue weighted by Crippen LogP contribution is -2.06. The Morgan fingerprint density at radius 2 is 1.60 bits per heavy atom. The van der Waals surface area contributed by atoms with E-state index in [9.17, 15) is 18.3 Å². The van der Waals surface area contributed by atoms with Gasteiger partial charge < -0.3 is 5.11 Å². The van der Waals surface area contributed by atoms with Crippen molar-refractivity contribution in [3.63, 3.8) is 0 Å². The SMILES string of the molecule is Cc1cc(Br)c(C(O)c2ccc(F)c(F)c2F)cc1Br. The maximum atomic E-state index is 13.7. The van der Waals surface area contributed by atoms with E-state index in [1.807, 2.05) is 6.92 Å². The Kier molecular flexibility index (Phi) is 4.56. The zero-order valence-electron chi connectivity index (χ0n) is 10.2. The van der Waals surface area contributed by atoms with E-state index in [2.05, 4.69) is 31.9 Å². The molecule has 0 aliphatic rings. The molecule has 0 radical (unpaired) electrons. The molecular weight excluding hydrogens is 401 g/mol. The van der Waals surface area contributed by atoms with E-state index in [1.165, 1.54) is 0 Å². The van der Waals surface area contributed by atoms with E-state index in [-0.39, 0.29) is 5.56 Å². The maximum absolute atomic E-state index is 13.7. The third-order valence-corrected chi connectivity index (χ3v) is 4.47. The molecule has 0 amide bonds. The number of aliphatic hydroxyl groups excluding tert-OH is 1. The Bertz CT molecular complexity index is 672. The number of rotatable bonds is 2. The summed E-state index contributed by atoms with van der Waals surface area (Å²) in [7, 11) is 0. The molecule has 1 atom stereocenters. The largest absolute Gasteiger partial charge is 0.384 e. The molecule has 0 bridgehead atoms. The van der Waals surface area contributed by atoms with Crippen LogP contribution in [0.25, 0.3) is 0 Å². The van der Waals surface area contributed by atoms with Gasteiger partial charge in [-0.3, -0.25) is 0 Å². The van der Waals surface area contributed by atoms with Gasteiger partial charge >= 0.3 is 0 Å². The standard InChI is InChI=1S/C14H9Br2F3O/c1-6-4-10(16)8(5-9(6)15)14(20)7-2-3-11(17)13(19)12(7)18/h2-5,14,20H,1H3. The van der Waals surface area contributed by atoms with Crippen molar-refractivity contribution in [1.29, 1.82) is 0 Å². The predicted molar refractivity (Wildman–Crippen MR) is 77.0 cm³/mol. The summed E-state index contributed by atoms with van der Waals surface area (Å²) in [5, 5.41) is 10.2. The summed E-state index contributed by atoms with van der Waals surface area (Å²) in [5.41, 5.74) is 0.950. The van der Waals surface area contributed by atoms with Crippen molar-refractivity contribution in [1.82, 2.24) is 0 Å². The predicted octanol–water partition coefficient (Wildman–Crippen LogP) is 5.02. The summed E-state index contributed by atoms with van der Waals surface area (Å²) < 4.78 is 41.1. The van der Waals surface area contributed by atoms with Crippen LogP contribution in [0.1, 0.15) is 22.8 Å². The molecular formula is C14H9Br2F3O. The molecule has 1 nitrogen and oxygen atoms in total. The Hall–Kier alpha value is -0.850. The Morgan fingerprint density at radius 3 is 2.25 bits per heavy atom. The van der Waals surface area contributed by atoms with Crippen molar-refractivity contribution in [2.24, 2.45) is 0 Å². The molecule has 0 aliphatic heterocycles. The van der Waals surface area contributed by atoms with Crippen LogP contribution in [-0.2, 0) is 0 Å². The summed E-state index contributed by atoms with van der Waals surface area (Å²) in [4.78, 5) is 0. The first-order valence-electron chi connectivity index (χ1n) is 5.60. The summed E-state index contributed by atoms with van der Waals surface area (Å²) in [6.07, 6.45) is -1.41. The van der Waals surface area contributed by atoms with Crippen molar-refractivity contribution in [3.05, 3.63) is 67.4 Å². The van der Waals surface area contributed by atoms with Crippen LogP contribution < -0.4 is 0 Å². The van der Waals surface area contributed by atoms with Crippen LogP contribution in [0.15, 0.2) is 33.2 Å². The van der Waals surface area contributed by atoms with Crippen LogP contribution in [0.3, 0.4) is 0 Å². The van der Waals surface area contributed by atoms with Gasteiger partial charge in [0, 0.05) is 20.1 Å². The molecule has 2 aromatic carbocycles. The second-order valence-corrected chi connectivity index (χ2v) is 6.00. The number of aliphatic hydroxyl groups is 1. The van der Waals surface area contributed by atoms with Gasteiger partial charge in [-0.2, -0.15) is 0 Å². The van der Waals surface area contributed by atoms with Crippen molar-refractivity contribution in [3.8, 4) is 0 Å². The van der Waals surface area contributed by atoms with Crippen LogP contribution in [0, 0.1) is 24.4 Å². The van der Waals surface area contributed by atoms with Gasteiger partial charge in [-0.25, -0.2) is 13.2 Å². The smallest absolute Gasteiger partial charge is 0.194 e. The van der Waals surface area contributed by atoms with Gasteiger partial charge in [0.25, 0.3) is 0 Å². The number of aryl methyl sites for hydroxylation is 1. The van der Waals surface area contributed by atoms with Crippen molar-refractivity contribution < 1.29 is 18.3 Å². The highest BCUT2D eigenvalue weighted by Gasteiger charge is 2.22. The highest BCUT2D eigenvalue weighted by Crippen LogP contribution is 2.34.